The fraction of sp³-hybridized carbons (Fsp3) is 1.00. The van der Waals surface area contributed by atoms with Gasteiger partial charge in [0.2, 0.25) is 0 Å². The van der Waals surface area contributed by atoms with Crippen molar-refractivity contribution in [2.24, 2.45) is 11.8 Å². The molecule has 0 aromatic rings. The van der Waals surface area contributed by atoms with Gasteiger partial charge in [-0.25, -0.2) is 0 Å². The predicted molar refractivity (Wildman–Crippen MR) is 57.8 cm³/mol. The van der Waals surface area contributed by atoms with Crippen LogP contribution in [0.25, 0.3) is 0 Å². The molecule has 0 rings (SSSR count). The summed E-state index contributed by atoms with van der Waals surface area (Å²) in [4.78, 5) is 0.595. The van der Waals surface area contributed by atoms with Gasteiger partial charge in [-0.3, -0.25) is 0 Å². The Kier molecular flexibility index (Phi) is 7.16. The van der Waals surface area contributed by atoms with Crippen LogP contribution in [-0.4, -0.2) is 18.0 Å². The smallest absolute Gasteiger partial charge is 0.0469 e. The maximum Gasteiger partial charge on any atom is 0.0469 e. The zero-order valence-corrected chi connectivity index (χ0v) is 10.2. The summed E-state index contributed by atoms with van der Waals surface area (Å²) in [5, 5.41) is 0. The molecule has 12 heavy (non-hydrogen) atoms. The van der Waals surface area contributed by atoms with Crippen molar-refractivity contribution in [3.63, 3.8) is 0 Å². The lowest BCUT2D eigenvalue weighted by molar-refractivity contribution is 0.124. The Balaban J connectivity index is 3.64. The van der Waals surface area contributed by atoms with Gasteiger partial charge in [0.1, 0.15) is 0 Å². The number of alkyl halides is 1. The fourth-order valence-corrected chi connectivity index (χ4v) is 2.33. The number of rotatable bonds is 6. The van der Waals surface area contributed by atoms with Crippen LogP contribution >= 0.6 is 15.9 Å². The van der Waals surface area contributed by atoms with Crippen molar-refractivity contribution >= 4 is 15.9 Å². The second-order valence-corrected chi connectivity index (χ2v) is 5.02. The van der Waals surface area contributed by atoms with Crippen molar-refractivity contribution < 1.29 is 4.74 Å². The first-order chi connectivity index (χ1) is 5.59. The third-order valence-corrected chi connectivity index (χ3v) is 2.92. The van der Waals surface area contributed by atoms with Gasteiger partial charge in [0.15, 0.2) is 0 Å². The first kappa shape index (κ1) is 12.4. The van der Waals surface area contributed by atoms with Gasteiger partial charge in [0.25, 0.3) is 0 Å². The SMILES string of the molecule is CCOCCC(C(C)C)C(C)Br. The monoisotopic (exact) mass is 236 g/mol. The van der Waals surface area contributed by atoms with E-state index in [1.54, 1.807) is 0 Å². The quantitative estimate of drug-likeness (QED) is 0.507. The summed E-state index contributed by atoms with van der Waals surface area (Å²) in [5.74, 6) is 1.47. The molecular weight excluding hydrogens is 216 g/mol. The van der Waals surface area contributed by atoms with E-state index in [9.17, 15) is 0 Å². The Morgan fingerprint density at radius 1 is 1.25 bits per heavy atom. The predicted octanol–water partition coefficient (Wildman–Crippen LogP) is 3.47. The molecule has 0 aliphatic carbocycles. The molecule has 0 radical (unpaired) electrons. The topological polar surface area (TPSA) is 9.23 Å². The van der Waals surface area contributed by atoms with E-state index in [0.29, 0.717) is 4.83 Å². The van der Waals surface area contributed by atoms with E-state index in [-0.39, 0.29) is 0 Å². The molecule has 0 spiro atoms. The lowest BCUT2D eigenvalue weighted by Gasteiger charge is -2.23. The Morgan fingerprint density at radius 3 is 2.17 bits per heavy atom. The van der Waals surface area contributed by atoms with E-state index in [1.165, 1.54) is 0 Å². The highest BCUT2D eigenvalue weighted by atomic mass is 79.9. The molecule has 1 nitrogen and oxygen atoms in total. The van der Waals surface area contributed by atoms with E-state index in [4.69, 9.17) is 4.74 Å². The van der Waals surface area contributed by atoms with Crippen molar-refractivity contribution in [2.45, 2.75) is 38.9 Å². The van der Waals surface area contributed by atoms with Gasteiger partial charge in [-0.1, -0.05) is 36.7 Å². The van der Waals surface area contributed by atoms with Crippen LogP contribution in [0.4, 0.5) is 0 Å². The molecule has 2 unspecified atom stereocenters. The average molecular weight is 237 g/mol. The lowest BCUT2D eigenvalue weighted by atomic mass is 9.90. The van der Waals surface area contributed by atoms with Gasteiger partial charge in [0.05, 0.1) is 0 Å². The summed E-state index contributed by atoms with van der Waals surface area (Å²) >= 11 is 3.64. The van der Waals surface area contributed by atoms with Crippen LogP contribution in [0.15, 0.2) is 0 Å². The highest BCUT2D eigenvalue weighted by Crippen LogP contribution is 2.24. The highest BCUT2D eigenvalue weighted by Gasteiger charge is 2.17. The molecule has 0 saturated heterocycles. The Bertz CT molecular complexity index is 94.0. The summed E-state index contributed by atoms with van der Waals surface area (Å²) in [6.07, 6.45) is 1.16. The van der Waals surface area contributed by atoms with Crippen molar-refractivity contribution in [1.82, 2.24) is 0 Å². The van der Waals surface area contributed by atoms with Crippen LogP contribution in [0.1, 0.15) is 34.1 Å². The van der Waals surface area contributed by atoms with Gasteiger partial charge in [-0.2, -0.15) is 0 Å². The van der Waals surface area contributed by atoms with Crippen molar-refractivity contribution in [2.75, 3.05) is 13.2 Å². The Morgan fingerprint density at radius 2 is 1.83 bits per heavy atom. The van der Waals surface area contributed by atoms with Crippen LogP contribution in [0.2, 0.25) is 0 Å². The van der Waals surface area contributed by atoms with Gasteiger partial charge < -0.3 is 4.74 Å². The van der Waals surface area contributed by atoms with Crippen molar-refractivity contribution in [3.8, 4) is 0 Å². The van der Waals surface area contributed by atoms with Crippen LogP contribution < -0.4 is 0 Å². The second-order valence-electron chi connectivity index (χ2n) is 3.57. The largest absolute Gasteiger partial charge is 0.382 e. The number of halogens is 1. The molecule has 74 valence electrons. The van der Waals surface area contributed by atoms with E-state index < -0.39 is 0 Å². The van der Waals surface area contributed by atoms with Crippen LogP contribution in [-0.2, 0) is 4.74 Å². The molecule has 2 atom stereocenters. The third-order valence-electron chi connectivity index (χ3n) is 2.25. The maximum atomic E-state index is 5.34. The summed E-state index contributed by atoms with van der Waals surface area (Å²) in [7, 11) is 0. The molecule has 2 heteroatoms. The molecule has 0 amide bonds. The highest BCUT2D eigenvalue weighted by molar-refractivity contribution is 9.09. The summed E-state index contributed by atoms with van der Waals surface area (Å²) in [5.41, 5.74) is 0. The normalized spacial score (nSPS) is 16.5. The van der Waals surface area contributed by atoms with Gasteiger partial charge in [-0.05, 0) is 25.2 Å². The first-order valence-corrected chi connectivity index (χ1v) is 5.73. The number of hydrogen-bond donors (Lipinski definition) is 0. The number of ether oxygens (including phenoxy) is 1. The average Bonchev–Trinajstić information content (AvgIpc) is 1.96. The summed E-state index contributed by atoms with van der Waals surface area (Å²) in [6, 6.07) is 0. The van der Waals surface area contributed by atoms with Gasteiger partial charge in [0, 0.05) is 18.0 Å². The zero-order chi connectivity index (χ0) is 9.56. The van der Waals surface area contributed by atoms with E-state index in [1.807, 2.05) is 6.92 Å². The second kappa shape index (κ2) is 6.90. The molecule has 0 fully saturated rings. The van der Waals surface area contributed by atoms with E-state index >= 15 is 0 Å². The van der Waals surface area contributed by atoms with Crippen LogP contribution in [0, 0.1) is 11.8 Å². The number of hydrogen-bond acceptors (Lipinski definition) is 1. The lowest BCUT2D eigenvalue weighted by Crippen LogP contribution is -2.19. The Hall–Kier alpha value is 0.440. The van der Waals surface area contributed by atoms with Crippen LogP contribution in [0.5, 0.6) is 0 Å². The molecule has 0 N–H and O–H groups in total. The standard InChI is InChI=1S/C10H21BrO/c1-5-12-7-6-10(8(2)3)9(4)11/h8-10H,5-7H2,1-4H3. The molecule has 0 bridgehead atoms. The van der Waals surface area contributed by atoms with Gasteiger partial charge in [-0.15, -0.1) is 0 Å². The molecule has 0 aromatic heterocycles. The van der Waals surface area contributed by atoms with Crippen molar-refractivity contribution in [3.05, 3.63) is 0 Å². The summed E-state index contributed by atoms with van der Waals surface area (Å²) < 4.78 is 5.34. The first-order valence-electron chi connectivity index (χ1n) is 4.81. The molecule has 0 aromatic carbocycles. The molecular formula is C10H21BrO. The minimum atomic E-state index is 0.595. The van der Waals surface area contributed by atoms with Gasteiger partial charge >= 0.3 is 0 Å². The summed E-state index contributed by atoms with van der Waals surface area (Å²) in [6.45, 7) is 10.5. The molecule has 0 aliphatic heterocycles. The van der Waals surface area contributed by atoms with Crippen LogP contribution in [0.3, 0.4) is 0 Å². The minimum absolute atomic E-state index is 0.595. The molecule has 0 aliphatic rings. The molecule has 0 saturated carbocycles. The zero-order valence-electron chi connectivity index (χ0n) is 8.64. The maximum absolute atomic E-state index is 5.34. The van der Waals surface area contributed by atoms with Crippen molar-refractivity contribution in [1.29, 1.82) is 0 Å². The third kappa shape index (κ3) is 5.15. The molecule has 0 heterocycles. The Labute approximate surface area is 85.0 Å². The fourth-order valence-electron chi connectivity index (χ4n) is 1.46. The van der Waals surface area contributed by atoms with E-state index in [2.05, 4.69) is 36.7 Å². The minimum Gasteiger partial charge on any atom is -0.382 e. The van der Waals surface area contributed by atoms with E-state index in [0.717, 1.165) is 31.5 Å².